The number of hydrogen-bond acceptors (Lipinski definition) is 2. The maximum atomic E-state index is 12.7. The van der Waals surface area contributed by atoms with Crippen molar-refractivity contribution in [1.82, 2.24) is 9.80 Å². The van der Waals surface area contributed by atoms with Gasteiger partial charge in [-0.2, -0.15) is 0 Å². The van der Waals surface area contributed by atoms with Gasteiger partial charge in [0.05, 0.1) is 0 Å². The highest BCUT2D eigenvalue weighted by Gasteiger charge is 2.32. The van der Waals surface area contributed by atoms with Crippen molar-refractivity contribution in [3.8, 4) is 0 Å². The van der Waals surface area contributed by atoms with Gasteiger partial charge in [0.1, 0.15) is 0 Å². The molecule has 2 heterocycles. The van der Waals surface area contributed by atoms with Gasteiger partial charge in [0.15, 0.2) is 0 Å². The van der Waals surface area contributed by atoms with E-state index in [0.717, 1.165) is 49.1 Å². The SMILES string of the molecule is O=C(c1cccc(Br)c1)N1CC[C@H](N2CCc3ccccc3C2)C1. The van der Waals surface area contributed by atoms with Crippen molar-refractivity contribution in [2.24, 2.45) is 0 Å². The number of benzene rings is 2. The van der Waals surface area contributed by atoms with Crippen molar-refractivity contribution in [3.63, 3.8) is 0 Å². The molecule has 0 radical (unpaired) electrons. The van der Waals surface area contributed by atoms with Gasteiger partial charge in [-0.3, -0.25) is 9.69 Å². The second-order valence-corrected chi connectivity index (χ2v) is 7.61. The highest BCUT2D eigenvalue weighted by atomic mass is 79.9. The monoisotopic (exact) mass is 384 g/mol. The van der Waals surface area contributed by atoms with Crippen molar-refractivity contribution in [2.75, 3.05) is 19.6 Å². The molecule has 4 rings (SSSR count). The quantitative estimate of drug-likeness (QED) is 0.787. The number of likely N-dealkylation sites (tertiary alicyclic amines) is 1. The largest absolute Gasteiger partial charge is 0.337 e. The molecular weight excluding hydrogens is 364 g/mol. The van der Waals surface area contributed by atoms with E-state index in [2.05, 4.69) is 45.1 Å². The summed E-state index contributed by atoms with van der Waals surface area (Å²) in [5.41, 5.74) is 3.70. The Balaban J connectivity index is 1.43. The molecule has 2 aliphatic heterocycles. The molecule has 1 saturated heterocycles. The fraction of sp³-hybridized carbons (Fsp3) is 0.350. The number of amides is 1. The summed E-state index contributed by atoms with van der Waals surface area (Å²) in [6.07, 6.45) is 2.19. The number of halogens is 1. The molecule has 0 spiro atoms. The predicted molar refractivity (Wildman–Crippen MR) is 99.0 cm³/mol. The summed E-state index contributed by atoms with van der Waals surface area (Å²) >= 11 is 3.45. The number of carbonyl (C=O) groups excluding carboxylic acids is 1. The Kier molecular flexibility index (Phi) is 4.42. The zero-order valence-corrected chi connectivity index (χ0v) is 15.2. The molecule has 1 fully saturated rings. The van der Waals surface area contributed by atoms with E-state index < -0.39 is 0 Å². The van der Waals surface area contributed by atoms with Crippen molar-refractivity contribution in [1.29, 1.82) is 0 Å². The van der Waals surface area contributed by atoms with Gasteiger partial charge >= 0.3 is 0 Å². The summed E-state index contributed by atoms with van der Waals surface area (Å²) in [6, 6.07) is 16.9. The molecule has 4 heteroatoms. The first-order chi connectivity index (χ1) is 11.7. The molecule has 0 bridgehead atoms. The van der Waals surface area contributed by atoms with E-state index in [4.69, 9.17) is 0 Å². The summed E-state index contributed by atoms with van der Waals surface area (Å²) in [5, 5.41) is 0. The maximum absolute atomic E-state index is 12.7. The van der Waals surface area contributed by atoms with Crippen molar-refractivity contribution in [3.05, 3.63) is 69.7 Å². The lowest BCUT2D eigenvalue weighted by Gasteiger charge is -2.33. The van der Waals surface area contributed by atoms with E-state index in [1.54, 1.807) is 0 Å². The highest BCUT2D eigenvalue weighted by molar-refractivity contribution is 9.10. The minimum atomic E-state index is 0.149. The summed E-state index contributed by atoms with van der Waals surface area (Å²) < 4.78 is 0.955. The van der Waals surface area contributed by atoms with E-state index in [-0.39, 0.29) is 5.91 Å². The van der Waals surface area contributed by atoms with Crippen LogP contribution in [-0.4, -0.2) is 41.4 Å². The topological polar surface area (TPSA) is 23.6 Å². The maximum Gasteiger partial charge on any atom is 0.253 e. The fourth-order valence-electron chi connectivity index (χ4n) is 3.86. The van der Waals surface area contributed by atoms with Crippen LogP contribution >= 0.6 is 15.9 Å². The zero-order chi connectivity index (χ0) is 16.5. The lowest BCUT2D eigenvalue weighted by molar-refractivity contribution is 0.0773. The number of hydrogen-bond donors (Lipinski definition) is 0. The van der Waals surface area contributed by atoms with Crippen LogP contribution in [0, 0.1) is 0 Å². The van der Waals surface area contributed by atoms with Gasteiger partial charge in [-0.25, -0.2) is 0 Å². The molecule has 124 valence electrons. The highest BCUT2D eigenvalue weighted by Crippen LogP contribution is 2.25. The fourth-order valence-corrected chi connectivity index (χ4v) is 4.26. The molecule has 24 heavy (non-hydrogen) atoms. The summed E-state index contributed by atoms with van der Waals surface area (Å²) in [5.74, 6) is 0.149. The normalized spacial score (nSPS) is 20.9. The summed E-state index contributed by atoms with van der Waals surface area (Å²) in [7, 11) is 0. The van der Waals surface area contributed by atoms with Gasteiger partial charge < -0.3 is 4.90 Å². The molecule has 0 N–H and O–H groups in total. The Labute approximate surface area is 151 Å². The predicted octanol–water partition coefficient (Wildman–Crippen LogP) is 3.72. The Bertz CT molecular complexity index is 761. The van der Waals surface area contributed by atoms with Crippen molar-refractivity contribution >= 4 is 21.8 Å². The molecule has 2 aromatic carbocycles. The molecular formula is C20H21BrN2O. The molecule has 0 saturated carbocycles. The second kappa shape index (κ2) is 6.69. The minimum Gasteiger partial charge on any atom is -0.337 e. The number of carbonyl (C=O) groups is 1. The van der Waals surface area contributed by atoms with E-state index in [1.807, 2.05) is 29.2 Å². The lowest BCUT2D eigenvalue weighted by Crippen LogP contribution is -2.41. The molecule has 0 aliphatic carbocycles. The third-order valence-electron chi connectivity index (χ3n) is 5.20. The Morgan fingerprint density at radius 3 is 2.71 bits per heavy atom. The average Bonchev–Trinajstić information content (AvgIpc) is 3.11. The third-order valence-corrected chi connectivity index (χ3v) is 5.69. The van der Waals surface area contributed by atoms with E-state index >= 15 is 0 Å². The first-order valence-electron chi connectivity index (χ1n) is 8.56. The van der Waals surface area contributed by atoms with Crippen LogP contribution in [-0.2, 0) is 13.0 Å². The van der Waals surface area contributed by atoms with Crippen LogP contribution in [0.5, 0.6) is 0 Å². The van der Waals surface area contributed by atoms with Crippen LogP contribution in [0.3, 0.4) is 0 Å². The molecule has 2 aromatic rings. The molecule has 0 aromatic heterocycles. The molecule has 2 aliphatic rings. The van der Waals surface area contributed by atoms with Crippen LogP contribution in [0.4, 0.5) is 0 Å². The van der Waals surface area contributed by atoms with Gasteiger partial charge in [-0.1, -0.05) is 46.3 Å². The third kappa shape index (κ3) is 3.13. The summed E-state index contributed by atoms with van der Waals surface area (Å²) in [6.45, 7) is 3.81. The smallest absolute Gasteiger partial charge is 0.253 e. The molecule has 1 atom stereocenters. The van der Waals surface area contributed by atoms with Gasteiger partial charge in [0.2, 0.25) is 0 Å². The molecule has 3 nitrogen and oxygen atoms in total. The Hall–Kier alpha value is -1.65. The van der Waals surface area contributed by atoms with Crippen molar-refractivity contribution in [2.45, 2.75) is 25.4 Å². The Morgan fingerprint density at radius 2 is 1.88 bits per heavy atom. The first-order valence-corrected chi connectivity index (χ1v) is 9.36. The van der Waals surface area contributed by atoms with E-state index in [0.29, 0.717) is 6.04 Å². The van der Waals surface area contributed by atoms with Crippen LogP contribution in [0.2, 0.25) is 0 Å². The molecule has 0 unspecified atom stereocenters. The van der Waals surface area contributed by atoms with Crippen LogP contribution in [0.15, 0.2) is 53.0 Å². The number of rotatable bonds is 2. The van der Waals surface area contributed by atoms with E-state index in [1.165, 1.54) is 11.1 Å². The average molecular weight is 385 g/mol. The molecule has 1 amide bonds. The van der Waals surface area contributed by atoms with Gasteiger partial charge in [0, 0.05) is 42.3 Å². The first kappa shape index (κ1) is 15.9. The second-order valence-electron chi connectivity index (χ2n) is 6.69. The number of fused-ring (bicyclic) bond motifs is 1. The van der Waals surface area contributed by atoms with Crippen molar-refractivity contribution < 1.29 is 4.79 Å². The van der Waals surface area contributed by atoms with Gasteiger partial charge in [0.25, 0.3) is 5.91 Å². The van der Waals surface area contributed by atoms with Crippen LogP contribution < -0.4 is 0 Å². The Morgan fingerprint density at radius 1 is 1.04 bits per heavy atom. The minimum absolute atomic E-state index is 0.149. The summed E-state index contributed by atoms with van der Waals surface area (Å²) in [4.78, 5) is 17.3. The standard InChI is InChI=1S/C20H21BrN2O/c21-18-7-3-6-16(12-18)20(24)23-11-9-19(14-23)22-10-8-15-4-1-2-5-17(15)13-22/h1-7,12,19H,8-11,13-14H2/t19-/m0/s1. The van der Waals surface area contributed by atoms with Gasteiger partial charge in [-0.15, -0.1) is 0 Å². The zero-order valence-electron chi connectivity index (χ0n) is 13.6. The lowest BCUT2D eigenvalue weighted by atomic mass is 9.98. The van der Waals surface area contributed by atoms with Crippen LogP contribution in [0.1, 0.15) is 27.9 Å². The van der Waals surface area contributed by atoms with Crippen LogP contribution in [0.25, 0.3) is 0 Å². The number of nitrogens with zero attached hydrogens (tertiary/aromatic N) is 2. The van der Waals surface area contributed by atoms with E-state index in [9.17, 15) is 4.79 Å². The van der Waals surface area contributed by atoms with Gasteiger partial charge in [-0.05, 0) is 42.2 Å².